The lowest BCUT2D eigenvalue weighted by Gasteiger charge is -2.09. The van der Waals surface area contributed by atoms with Crippen molar-refractivity contribution in [3.63, 3.8) is 0 Å². The third kappa shape index (κ3) is 12.8. The van der Waals surface area contributed by atoms with Crippen molar-refractivity contribution in [1.82, 2.24) is 9.78 Å². The van der Waals surface area contributed by atoms with Crippen LogP contribution in [0.25, 0.3) is 22.0 Å². The minimum Gasteiger partial charge on any atom is -0.242 e. The molecule has 0 bridgehead atoms. The molecule has 0 aliphatic carbocycles. The Bertz CT molecular complexity index is 1360. The molecule has 0 radical (unpaired) electrons. The topological polar surface area (TPSA) is 17.8 Å². The Morgan fingerprint density at radius 2 is 1.36 bits per heavy atom. The normalized spacial score (nSPS) is 10.9. The van der Waals surface area contributed by atoms with E-state index in [0.717, 1.165) is 11.3 Å². The molecular formula is C39H58N2S. The second-order valence-electron chi connectivity index (χ2n) is 9.77. The zero-order valence-corrected chi connectivity index (χ0v) is 29.4. The second kappa shape index (κ2) is 22.4. The quantitative estimate of drug-likeness (QED) is 0.120. The van der Waals surface area contributed by atoms with Crippen LogP contribution in [0.5, 0.6) is 0 Å². The van der Waals surface area contributed by atoms with Crippen LogP contribution in [0, 0.1) is 20.8 Å². The Balaban J connectivity index is 0.000000632. The first kappa shape index (κ1) is 38.8. The lowest BCUT2D eigenvalue weighted by molar-refractivity contribution is 0.702. The predicted octanol–water partition coefficient (Wildman–Crippen LogP) is 12.6. The van der Waals surface area contributed by atoms with Gasteiger partial charge in [-0.15, -0.1) is 0 Å². The average Bonchev–Trinajstić information content (AvgIpc) is 3.36. The third-order valence-corrected chi connectivity index (χ3v) is 7.65. The molecule has 0 saturated heterocycles. The minimum absolute atomic E-state index is 0.0965. The summed E-state index contributed by atoms with van der Waals surface area (Å²) in [5.41, 5.74) is 6.90. The maximum absolute atomic E-state index is 4.39. The van der Waals surface area contributed by atoms with Gasteiger partial charge in [0.2, 0.25) is 0 Å². The number of hydrogen-bond acceptors (Lipinski definition) is 1. The molecule has 4 aromatic rings. The highest BCUT2D eigenvalue weighted by atomic mass is 32.2. The van der Waals surface area contributed by atoms with Crippen LogP contribution in [0.2, 0.25) is 0 Å². The van der Waals surface area contributed by atoms with Crippen molar-refractivity contribution in [3.8, 4) is 0 Å². The van der Waals surface area contributed by atoms with Gasteiger partial charge < -0.3 is 0 Å². The van der Waals surface area contributed by atoms with Gasteiger partial charge in [0.25, 0.3) is 0 Å². The number of nitrogens with zero attached hydrogens (tertiary/aromatic N) is 2. The van der Waals surface area contributed by atoms with Gasteiger partial charge in [-0.1, -0.05) is 140 Å². The lowest BCUT2D eigenvalue weighted by atomic mass is 10.0. The molecule has 3 heteroatoms. The molecule has 0 spiro atoms. The highest BCUT2D eigenvalue weighted by Gasteiger charge is 2.05. The van der Waals surface area contributed by atoms with E-state index in [-0.39, 0.29) is 10.5 Å². The summed E-state index contributed by atoms with van der Waals surface area (Å²) in [6.07, 6.45) is 11.7. The second-order valence-corrected chi connectivity index (χ2v) is 11.5. The standard InChI is InChI=1S/C17H20N2.C12H12S.C6H14.2C2H6/c1-12-8-6-7-9-17(12)13(2)10-15(4)19-16(5)14(3)11-18-19;1-13(2)12-9-5-7-10-6-3-4-8-11(10)12;1-3-5-6-4-2;2*1-2/h6-11H,2H2,1,3-5H3;3-9H,1H2,2H3;3-6H2,1-2H3;2*1-2H3/b15-10-;;;;. The number of allylic oxidation sites excluding steroid dienone is 3. The number of aromatic nitrogens is 2. The molecule has 0 aliphatic rings. The van der Waals surface area contributed by atoms with E-state index in [1.165, 1.54) is 63.7 Å². The van der Waals surface area contributed by atoms with Crippen molar-refractivity contribution < 1.29 is 0 Å². The van der Waals surface area contributed by atoms with E-state index in [2.05, 4.69) is 126 Å². The molecule has 0 aliphatic heterocycles. The van der Waals surface area contributed by atoms with Crippen LogP contribution in [-0.4, -0.2) is 21.9 Å². The molecule has 1 heterocycles. The number of fused-ring (bicyclic) bond motifs is 1. The van der Waals surface area contributed by atoms with Crippen LogP contribution in [0.3, 0.4) is 0 Å². The molecule has 3 aromatic carbocycles. The Morgan fingerprint density at radius 1 is 0.810 bits per heavy atom. The summed E-state index contributed by atoms with van der Waals surface area (Å²) in [7, 11) is 0.0965. The van der Waals surface area contributed by atoms with Gasteiger partial charge in [-0.3, -0.25) is 0 Å². The fourth-order valence-electron chi connectivity index (χ4n) is 4.17. The molecule has 2 nitrogen and oxygen atoms in total. The van der Waals surface area contributed by atoms with Crippen LogP contribution >= 0.6 is 10.5 Å². The van der Waals surface area contributed by atoms with Gasteiger partial charge in [-0.05, 0) is 79.1 Å². The van der Waals surface area contributed by atoms with Gasteiger partial charge in [0, 0.05) is 16.3 Å². The monoisotopic (exact) mass is 586 g/mol. The third-order valence-electron chi connectivity index (χ3n) is 6.55. The zero-order valence-electron chi connectivity index (χ0n) is 28.6. The Kier molecular flexibility index (Phi) is 20.7. The van der Waals surface area contributed by atoms with Gasteiger partial charge >= 0.3 is 0 Å². The van der Waals surface area contributed by atoms with E-state index in [4.69, 9.17) is 0 Å². The maximum Gasteiger partial charge on any atom is 0.0526 e. The van der Waals surface area contributed by atoms with Crippen molar-refractivity contribution in [2.45, 2.75) is 99.8 Å². The van der Waals surface area contributed by atoms with Gasteiger partial charge in [-0.25, -0.2) is 4.68 Å². The lowest BCUT2D eigenvalue weighted by Crippen LogP contribution is -1.99. The molecule has 0 amide bonds. The number of unbranched alkanes of at least 4 members (excludes halogenated alkanes) is 3. The molecular weight excluding hydrogens is 529 g/mol. The van der Waals surface area contributed by atoms with E-state index in [9.17, 15) is 0 Å². The first-order valence-electron chi connectivity index (χ1n) is 15.6. The van der Waals surface area contributed by atoms with E-state index >= 15 is 0 Å². The van der Waals surface area contributed by atoms with E-state index in [0.29, 0.717) is 0 Å². The van der Waals surface area contributed by atoms with Crippen LogP contribution in [0.4, 0.5) is 0 Å². The van der Waals surface area contributed by atoms with Gasteiger partial charge in [-0.2, -0.15) is 15.6 Å². The largest absolute Gasteiger partial charge is 0.242 e. The molecule has 1 unspecified atom stereocenters. The number of benzene rings is 3. The summed E-state index contributed by atoms with van der Waals surface area (Å²) in [5.74, 6) is 4.09. The summed E-state index contributed by atoms with van der Waals surface area (Å²) >= 11 is 0. The van der Waals surface area contributed by atoms with Gasteiger partial charge in [0.05, 0.1) is 6.20 Å². The average molecular weight is 587 g/mol. The van der Waals surface area contributed by atoms with Crippen molar-refractivity contribution in [2.24, 2.45) is 0 Å². The first-order chi connectivity index (χ1) is 20.2. The predicted molar refractivity (Wildman–Crippen MR) is 197 cm³/mol. The van der Waals surface area contributed by atoms with E-state index in [1.807, 2.05) is 50.7 Å². The highest BCUT2D eigenvalue weighted by Crippen LogP contribution is 2.29. The van der Waals surface area contributed by atoms with Crippen LogP contribution in [0.1, 0.15) is 96.5 Å². The van der Waals surface area contributed by atoms with Gasteiger partial charge in [0.1, 0.15) is 0 Å². The molecule has 0 N–H and O–H groups in total. The van der Waals surface area contributed by atoms with Gasteiger partial charge in [0.15, 0.2) is 0 Å². The number of aryl methyl sites for hydroxylation is 2. The summed E-state index contributed by atoms with van der Waals surface area (Å²) in [6.45, 7) is 24.9. The molecule has 0 fully saturated rings. The molecule has 4 rings (SSSR count). The van der Waals surface area contributed by atoms with Crippen molar-refractivity contribution in [2.75, 3.05) is 6.26 Å². The Morgan fingerprint density at radius 3 is 1.88 bits per heavy atom. The summed E-state index contributed by atoms with van der Waals surface area (Å²) in [6, 6.07) is 23.2. The summed E-state index contributed by atoms with van der Waals surface area (Å²) in [4.78, 5) is 1.36. The molecule has 0 saturated carbocycles. The zero-order chi connectivity index (χ0) is 32.1. The van der Waals surface area contributed by atoms with Crippen LogP contribution in [0.15, 0.2) is 90.5 Å². The Labute approximate surface area is 261 Å². The van der Waals surface area contributed by atoms with E-state index in [1.54, 1.807) is 0 Å². The van der Waals surface area contributed by atoms with Crippen molar-refractivity contribution in [1.29, 1.82) is 0 Å². The Hall–Kier alpha value is -3.17. The molecule has 1 aromatic heterocycles. The minimum atomic E-state index is 0.0965. The number of hydrogen-bond donors (Lipinski definition) is 0. The smallest absolute Gasteiger partial charge is 0.0526 e. The highest BCUT2D eigenvalue weighted by molar-refractivity contribution is 8.13. The number of rotatable bonds is 7. The van der Waals surface area contributed by atoms with Crippen LogP contribution in [-0.2, 0) is 0 Å². The SMILES string of the molecule is C=C(/C=C(/C)n1ncc(C)c1C)c1ccccc1C.C=S(C)c1cccc2ccccc12.CC.CC.CCCCCC. The first-order valence-corrected chi connectivity index (χ1v) is 17.4. The van der Waals surface area contributed by atoms with Crippen molar-refractivity contribution >= 4 is 38.4 Å². The molecule has 230 valence electrons. The maximum atomic E-state index is 4.39. The van der Waals surface area contributed by atoms with Crippen LogP contribution < -0.4 is 0 Å². The summed E-state index contributed by atoms with van der Waals surface area (Å²) < 4.78 is 1.96. The van der Waals surface area contributed by atoms with Crippen molar-refractivity contribution in [3.05, 3.63) is 108 Å². The fraction of sp³-hybridized carbons (Fsp3) is 0.385. The summed E-state index contributed by atoms with van der Waals surface area (Å²) in [5, 5.41) is 7.04. The molecule has 1 atom stereocenters. The van der Waals surface area contributed by atoms with E-state index < -0.39 is 0 Å². The fourth-order valence-corrected chi connectivity index (χ4v) is 5.04. The molecule has 42 heavy (non-hydrogen) atoms.